The molecule has 1 aromatic heterocycles. The number of benzene rings is 2. The maximum absolute atomic E-state index is 13.7. The van der Waals surface area contributed by atoms with Gasteiger partial charge in [0.15, 0.2) is 0 Å². The number of hydrogen-bond acceptors (Lipinski definition) is 3. The third-order valence-electron chi connectivity index (χ3n) is 4.84. The highest BCUT2D eigenvalue weighted by Crippen LogP contribution is 2.26. The van der Waals surface area contributed by atoms with E-state index in [1.165, 1.54) is 0 Å². The maximum Gasteiger partial charge on any atom is 0.336 e. The van der Waals surface area contributed by atoms with Crippen LogP contribution >= 0.6 is 0 Å². The molecule has 1 heterocycles. The zero-order valence-electron chi connectivity index (χ0n) is 17.3. The Kier molecular flexibility index (Phi) is 6.29. The number of carbonyl (C=O) groups is 1. The van der Waals surface area contributed by atoms with Crippen molar-refractivity contribution in [2.24, 2.45) is 5.92 Å². The van der Waals surface area contributed by atoms with Gasteiger partial charge in [-0.15, -0.1) is 5.10 Å². The van der Waals surface area contributed by atoms with Crippen LogP contribution < -0.4 is 0 Å². The standard InChI is InChI=1S/C23H25F2N3O2/c1-15(2)12-13-28-20(26-22(27-28)23(3,24)25)14-16-8-10-17(11-9-16)18-6-4-5-7-19(18)21(29)30/h4-11,15H,12-14H2,1-3H3,(H,29,30). The SMILES string of the molecule is CC(C)CCn1nc(C(C)(F)F)nc1Cc1ccc(-c2ccccc2C(=O)O)cc1. The van der Waals surface area contributed by atoms with Crippen LogP contribution in [0.2, 0.25) is 0 Å². The minimum atomic E-state index is -3.10. The van der Waals surface area contributed by atoms with Crippen molar-refractivity contribution < 1.29 is 18.7 Å². The Hall–Kier alpha value is -3.09. The molecule has 0 atom stereocenters. The lowest BCUT2D eigenvalue weighted by Crippen LogP contribution is -2.11. The molecule has 2 aromatic carbocycles. The molecule has 7 heteroatoms. The highest BCUT2D eigenvalue weighted by Gasteiger charge is 2.31. The van der Waals surface area contributed by atoms with Crippen molar-refractivity contribution >= 4 is 5.97 Å². The summed E-state index contributed by atoms with van der Waals surface area (Å²) in [5.74, 6) is -3.64. The highest BCUT2D eigenvalue weighted by atomic mass is 19.3. The van der Waals surface area contributed by atoms with E-state index < -0.39 is 17.7 Å². The maximum atomic E-state index is 13.7. The Morgan fingerprint density at radius 1 is 1.13 bits per heavy atom. The van der Waals surface area contributed by atoms with Gasteiger partial charge in [0.05, 0.1) is 5.56 Å². The summed E-state index contributed by atoms with van der Waals surface area (Å²) in [7, 11) is 0. The molecule has 3 aromatic rings. The number of aromatic nitrogens is 3. The summed E-state index contributed by atoms with van der Waals surface area (Å²) in [6.45, 7) is 5.47. The smallest absolute Gasteiger partial charge is 0.336 e. The van der Waals surface area contributed by atoms with E-state index in [2.05, 4.69) is 23.9 Å². The van der Waals surface area contributed by atoms with Gasteiger partial charge in [0.2, 0.25) is 5.82 Å². The van der Waals surface area contributed by atoms with Crippen LogP contribution in [0.25, 0.3) is 11.1 Å². The first kappa shape index (κ1) is 21.6. The molecule has 3 rings (SSSR count). The van der Waals surface area contributed by atoms with Crippen molar-refractivity contribution in [2.45, 2.75) is 46.1 Å². The average Bonchev–Trinajstić information content (AvgIpc) is 3.10. The fraction of sp³-hybridized carbons (Fsp3) is 0.348. The lowest BCUT2D eigenvalue weighted by molar-refractivity contribution is 0.00749. The van der Waals surface area contributed by atoms with E-state index in [0.29, 0.717) is 30.3 Å². The Balaban J connectivity index is 1.86. The molecule has 30 heavy (non-hydrogen) atoms. The molecule has 0 aliphatic heterocycles. The van der Waals surface area contributed by atoms with E-state index in [4.69, 9.17) is 0 Å². The van der Waals surface area contributed by atoms with E-state index in [1.807, 2.05) is 24.3 Å². The van der Waals surface area contributed by atoms with Gasteiger partial charge in [-0.1, -0.05) is 56.3 Å². The molecule has 0 spiro atoms. The van der Waals surface area contributed by atoms with Gasteiger partial charge in [-0.3, -0.25) is 0 Å². The minimum Gasteiger partial charge on any atom is -0.478 e. The second-order valence-electron chi connectivity index (χ2n) is 7.87. The zero-order valence-corrected chi connectivity index (χ0v) is 17.3. The van der Waals surface area contributed by atoms with Gasteiger partial charge in [0, 0.05) is 19.9 Å². The third-order valence-corrected chi connectivity index (χ3v) is 4.84. The largest absolute Gasteiger partial charge is 0.478 e. The molecule has 0 aliphatic rings. The van der Waals surface area contributed by atoms with Crippen LogP contribution in [0, 0.1) is 5.92 Å². The number of rotatable bonds is 8. The monoisotopic (exact) mass is 413 g/mol. The van der Waals surface area contributed by atoms with Gasteiger partial charge in [0.1, 0.15) is 5.82 Å². The zero-order chi connectivity index (χ0) is 21.9. The van der Waals surface area contributed by atoms with Crippen LogP contribution in [0.5, 0.6) is 0 Å². The summed E-state index contributed by atoms with van der Waals surface area (Å²) in [6.07, 6.45) is 1.18. The topological polar surface area (TPSA) is 68.0 Å². The van der Waals surface area contributed by atoms with Crippen molar-refractivity contribution in [2.75, 3.05) is 0 Å². The first-order valence-corrected chi connectivity index (χ1v) is 9.89. The van der Waals surface area contributed by atoms with Crippen molar-refractivity contribution in [1.29, 1.82) is 0 Å². The summed E-state index contributed by atoms with van der Waals surface area (Å²) >= 11 is 0. The molecule has 158 valence electrons. The van der Waals surface area contributed by atoms with Gasteiger partial charge in [0.25, 0.3) is 0 Å². The molecule has 0 radical (unpaired) electrons. The Morgan fingerprint density at radius 3 is 2.40 bits per heavy atom. The number of aromatic carboxylic acids is 1. The summed E-state index contributed by atoms with van der Waals surface area (Å²) < 4.78 is 29.1. The predicted molar refractivity (Wildman–Crippen MR) is 111 cm³/mol. The van der Waals surface area contributed by atoms with Crippen LogP contribution in [-0.2, 0) is 18.9 Å². The number of aryl methyl sites for hydroxylation is 1. The van der Waals surface area contributed by atoms with E-state index >= 15 is 0 Å². The molecule has 0 fully saturated rings. The van der Waals surface area contributed by atoms with E-state index in [-0.39, 0.29) is 5.56 Å². The Bertz CT molecular complexity index is 1020. The van der Waals surface area contributed by atoms with Crippen LogP contribution in [0.1, 0.15) is 54.8 Å². The van der Waals surface area contributed by atoms with E-state index in [1.54, 1.807) is 28.9 Å². The number of halogens is 2. The van der Waals surface area contributed by atoms with Gasteiger partial charge in [-0.2, -0.15) is 8.78 Å². The molecule has 0 amide bonds. The quantitative estimate of drug-likeness (QED) is 0.537. The number of carboxylic acid groups (broad SMARTS) is 1. The normalized spacial score (nSPS) is 11.8. The molecule has 0 unspecified atom stereocenters. The minimum absolute atomic E-state index is 0.230. The van der Waals surface area contributed by atoms with Gasteiger partial charge in [-0.05, 0) is 35.1 Å². The van der Waals surface area contributed by atoms with Crippen LogP contribution in [0.15, 0.2) is 48.5 Å². The molecule has 1 N–H and O–H groups in total. The summed E-state index contributed by atoms with van der Waals surface area (Å²) in [5, 5.41) is 13.4. The van der Waals surface area contributed by atoms with Crippen molar-refractivity contribution in [3.05, 3.63) is 71.3 Å². The fourth-order valence-corrected chi connectivity index (χ4v) is 3.16. The molecule has 0 saturated heterocycles. The van der Waals surface area contributed by atoms with E-state index in [0.717, 1.165) is 24.5 Å². The first-order chi connectivity index (χ1) is 14.1. The van der Waals surface area contributed by atoms with Crippen LogP contribution in [0.3, 0.4) is 0 Å². The molecule has 0 aliphatic carbocycles. The Labute approximate surface area is 174 Å². The number of nitrogens with zero attached hydrogens (tertiary/aromatic N) is 3. The first-order valence-electron chi connectivity index (χ1n) is 9.89. The van der Waals surface area contributed by atoms with E-state index in [9.17, 15) is 18.7 Å². The lowest BCUT2D eigenvalue weighted by atomic mass is 9.98. The predicted octanol–water partition coefficient (Wildman–Crippen LogP) is 5.39. The fourth-order valence-electron chi connectivity index (χ4n) is 3.16. The molecule has 0 saturated carbocycles. The lowest BCUT2D eigenvalue weighted by Gasteiger charge is -2.09. The molecule has 0 bridgehead atoms. The number of carboxylic acids is 1. The molecule has 5 nitrogen and oxygen atoms in total. The van der Waals surface area contributed by atoms with Crippen LogP contribution in [-0.4, -0.2) is 25.8 Å². The van der Waals surface area contributed by atoms with Gasteiger partial charge >= 0.3 is 11.9 Å². The molecular weight excluding hydrogens is 388 g/mol. The summed E-state index contributed by atoms with van der Waals surface area (Å²) in [4.78, 5) is 15.6. The average molecular weight is 413 g/mol. The number of alkyl halides is 2. The second kappa shape index (κ2) is 8.73. The van der Waals surface area contributed by atoms with Crippen molar-refractivity contribution in [1.82, 2.24) is 14.8 Å². The van der Waals surface area contributed by atoms with Crippen molar-refractivity contribution in [3.8, 4) is 11.1 Å². The highest BCUT2D eigenvalue weighted by molar-refractivity contribution is 5.95. The Morgan fingerprint density at radius 2 is 1.80 bits per heavy atom. The summed E-state index contributed by atoms with van der Waals surface area (Å²) in [6, 6.07) is 14.2. The third kappa shape index (κ3) is 5.09. The van der Waals surface area contributed by atoms with Crippen LogP contribution in [0.4, 0.5) is 8.78 Å². The molecular formula is C23H25F2N3O2. The second-order valence-corrected chi connectivity index (χ2v) is 7.87. The summed E-state index contributed by atoms with van der Waals surface area (Å²) in [5.41, 5.74) is 2.52. The van der Waals surface area contributed by atoms with Gasteiger partial charge in [-0.25, -0.2) is 14.5 Å². The van der Waals surface area contributed by atoms with Gasteiger partial charge < -0.3 is 5.11 Å². The van der Waals surface area contributed by atoms with Crippen molar-refractivity contribution in [3.63, 3.8) is 0 Å². The number of hydrogen-bond donors (Lipinski definition) is 1.